The van der Waals surface area contributed by atoms with Crippen molar-refractivity contribution in [2.24, 2.45) is 0 Å². The largest absolute Gasteiger partial charge is 0.496 e. The molecule has 6 nitrogen and oxygen atoms in total. The molecule has 0 amide bonds. The van der Waals surface area contributed by atoms with Gasteiger partial charge in [0, 0.05) is 5.56 Å². The molecular formula is C15H13NO5. The van der Waals surface area contributed by atoms with E-state index >= 15 is 0 Å². The molecule has 0 bridgehead atoms. The van der Waals surface area contributed by atoms with E-state index in [-0.39, 0.29) is 16.8 Å². The summed E-state index contributed by atoms with van der Waals surface area (Å²) in [5.74, 6) is -2.06. The van der Waals surface area contributed by atoms with E-state index in [2.05, 4.69) is 0 Å². The number of rotatable bonds is 4. The van der Waals surface area contributed by atoms with Crippen molar-refractivity contribution in [2.75, 3.05) is 12.8 Å². The molecule has 0 fully saturated rings. The first-order valence-corrected chi connectivity index (χ1v) is 5.99. The van der Waals surface area contributed by atoms with Gasteiger partial charge < -0.3 is 20.7 Å². The van der Waals surface area contributed by atoms with E-state index < -0.39 is 11.9 Å². The highest BCUT2D eigenvalue weighted by atomic mass is 16.5. The second-order valence-corrected chi connectivity index (χ2v) is 4.30. The average Bonchev–Trinajstić information content (AvgIpc) is 2.46. The first-order chi connectivity index (χ1) is 9.95. The van der Waals surface area contributed by atoms with Gasteiger partial charge in [-0.1, -0.05) is 18.2 Å². The molecule has 4 N–H and O–H groups in total. The highest BCUT2D eigenvalue weighted by Gasteiger charge is 2.19. The first kappa shape index (κ1) is 14.4. The predicted molar refractivity (Wildman–Crippen MR) is 76.8 cm³/mol. The number of para-hydroxylation sites is 1. The maximum Gasteiger partial charge on any atom is 0.337 e. The summed E-state index contributed by atoms with van der Waals surface area (Å²) in [6, 6.07) is 9.59. The van der Waals surface area contributed by atoms with Gasteiger partial charge in [0.2, 0.25) is 0 Å². The minimum absolute atomic E-state index is 0.254. The Labute approximate surface area is 120 Å². The molecular weight excluding hydrogens is 274 g/mol. The Morgan fingerprint density at radius 1 is 1.05 bits per heavy atom. The normalized spacial score (nSPS) is 10.1. The van der Waals surface area contributed by atoms with Crippen LogP contribution in [0.1, 0.15) is 20.7 Å². The number of carbonyl (C=O) groups is 2. The number of hydrogen-bond donors (Lipinski definition) is 3. The zero-order valence-corrected chi connectivity index (χ0v) is 11.2. The van der Waals surface area contributed by atoms with Crippen LogP contribution < -0.4 is 10.5 Å². The molecule has 0 aromatic heterocycles. The number of carboxylic acid groups (broad SMARTS) is 2. The van der Waals surface area contributed by atoms with E-state index in [0.29, 0.717) is 16.9 Å². The molecule has 0 saturated heterocycles. The highest BCUT2D eigenvalue weighted by molar-refractivity contribution is 6.04. The Balaban J connectivity index is 2.75. The molecule has 2 aromatic carbocycles. The van der Waals surface area contributed by atoms with Crippen molar-refractivity contribution < 1.29 is 24.5 Å². The lowest BCUT2D eigenvalue weighted by Gasteiger charge is -2.12. The second-order valence-electron chi connectivity index (χ2n) is 4.30. The third-order valence-electron chi connectivity index (χ3n) is 3.06. The molecule has 0 unspecified atom stereocenters. The lowest BCUT2D eigenvalue weighted by molar-refractivity contribution is 0.0696. The molecule has 0 aliphatic carbocycles. The molecule has 0 aliphatic heterocycles. The summed E-state index contributed by atoms with van der Waals surface area (Å²) < 4.78 is 5.20. The molecule has 0 heterocycles. The van der Waals surface area contributed by atoms with Gasteiger partial charge in [-0.05, 0) is 23.8 Å². The van der Waals surface area contributed by atoms with Crippen LogP contribution in [-0.2, 0) is 0 Å². The molecule has 108 valence electrons. The summed E-state index contributed by atoms with van der Waals surface area (Å²) in [6.07, 6.45) is 0. The summed E-state index contributed by atoms with van der Waals surface area (Å²) in [5.41, 5.74) is 5.83. The summed E-state index contributed by atoms with van der Waals surface area (Å²) in [5, 5.41) is 18.3. The van der Waals surface area contributed by atoms with Crippen LogP contribution in [0.25, 0.3) is 11.1 Å². The van der Waals surface area contributed by atoms with Gasteiger partial charge in [0.05, 0.1) is 23.9 Å². The fraction of sp³-hybridized carbons (Fsp3) is 0.0667. The lowest BCUT2D eigenvalue weighted by Crippen LogP contribution is -2.10. The maximum atomic E-state index is 11.2. The van der Waals surface area contributed by atoms with Crippen molar-refractivity contribution in [3.8, 4) is 16.9 Å². The van der Waals surface area contributed by atoms with Gasteiger partial charge in [0.15, 0.2) is 0 Å². The number of ether oxygens (including phenoxy) is 1. The van der Waals surface area contributed by atoms with Crippen LogP contribution in [0.5, 0.6) is 5.75 Å². The Kier molecular flexibility index (Phi) is 3.80. The number of nitrogen functional groups attached to an aromatic ring is 1. The summed E-state index contributed by atoms with van der Waals surface area (Å²) in [4.78, 5) is 22.5. The van der Waals surface area contributed by atoms with Gasteiger partial charge >= 0.3 is 11.9 Å². The Bertz CT molecular complexity index is 689. The minimum atomic E-state index is -1.29. The second kappa shape index (κ2) is 5.54. The molecule has 0 saturated carbocycles. The van der Waals surface area contributed by atoms with Crippen molar-refractivity contribution in [3.63, 3.8) is 0 Å². The Hall–Kier alpha value is -3.02. The van der Waals surface area contributed by atoms with Gasteiger partial charge in [0.25, 0.3) is 0 Å². The van der Waals surface area contributed by atoms with Gasteiger partial charge in [-0.25, -0.2) is 9.59 Å². The molecule has 0 atom stereocenters. The number of anilines is 1. The third kappa shape index (κ3) is 2.64. The summed E-state index contributed by atoms with van der Waals surface area (Å²) in [6.45, 7) is 0. The van der Waals surface area contributed by atoms with E-state index in [1.54, 1.807) is 24.3 Å². The van der Waals surface area contributed by atoms with E-state index in [4.69, 9.17) is 20.7 Å². The number of methoxy groups -OCH3 is 1. The molecule has 2 rings (SSSR count). The number of hydrogen-bond acceptors (Lipinski definition) is 4. The van der Waals surface area contributed by atoms with Gasteiger partial charge in [-0.15, -0.1) is 0 Å². The summed E-state index contributed by atoms with van der Waals surface area (Å²) >= 11 is 0. The van der Waals surface area contributed by atoms with Crippen molar-refractivity contribution in [1.29, 1.82) is 0 Å². The average molecular weight is 287 g/mol. The SMILES string of the molecule is COc1ccccc1-c1cc(C(=O)O)c(N)c(C(=O)O)c1. The molecule has 0 radical (unpaired) electrons. The van der Waals surface area contributed by atoms with Crippen molar-refractivity contribution in [1.82, 2.24) is 0 Å². The maximum absolute atomic E-state index is 11.2. The van der Waals surface area contributed by atoms with E-state index in [1.807, 2.05) is 0 Å². The third-order valence-corrected chi connectivity index (χ3v) is 3.06. The molecule has 2 aromatic rings. The Morgan fingerprint density at radius 2 is 1.57 bits per heavy atom. The Morgan fingerprint density at radius 3 is 2.05 bits per heavy atom. The standard InChI is InChI=1S/C15H13NO5/c1-21-12-5-3-2-4-9(12)8-6-10(14(17)18)13(16)11(7-8)15(19)20/h2-7H,16H2,1H3,(H,17,18)(H,19,20). The number of aromatic carboxylic acids is 2. The van der Waals surface area contributed by atoms with Gasteiger partial charge in [0.1, 0.15) is 5.75 Å². The minimum Gasteiger partial charge on any atom is -0.496 e. The first-order valence-electron chi connectivity index (χ1n) is 5.99. The van der Waals surface area contributed by atoms with E-state index in [9.17, 15) is 9.59 Å². The van der Waals surface area contributed by atoms with E-state index in [0.717, 1.165) is 0 Å². The monoisotopic (exact) mass is 287 g/mol. The molecule has 0 aliphatic rings. The van der Waals surface area contributed by atoms with Crippen LogP contribution in [0.3, 0.4) is 0 Å². The molecule has 21 heavy (non-hydrogen) atoms. The van der Waals surface area contributed by atoms with Crippen LogP contribution in [0, 0.1) is 0 Å². The van der Waals surface area contributed by atoms with Crippen LogP contribution >= 0.6 is 0 Å². The number of benzene rings is 2. The van der Waals surface area contributed by atoms with Crippen molar-refractivity contribution in [3.05, 3.63) is 47.5 Å². The molecule has 6 heteroatoms. The zero-order chi connectivity index (χ0) is 15.6. The zero-order valence-electron chi connectivity index (χ0n) is 11.2. The predicted octanol–water partition coefficient (Wildman–Crippen LogP) is 2.34. The van der Waals surface area contributed by atoms with Crippen LogP contribution in [0.15, 0.2) is 36.4 Å². The molecule has 0 spiro atoms. The fourth-order valence-electron chi connectivity index (χ4n) is 2.05. The van der Waals surface area contributed by atoms with Crippen molar-refractivity contribution >= 4 is 17.6 Å². The van der Waals surface area contributed by atoms with Crippen LogP contribution in [0.2, 0.25) is 0 Å². The highest BCUT2D eigenvalue weighted by Crippen LogP contribution is 2.33. The number of nitrogens with two attached hydrogens (primary N) is 1. The number of carboxylic acids is 2. The summed E-state index contributed by atoms with van der Waals surface area (Å²) in [7, 11) is 1.48. The van der Waals surface area contributed by atoms with Gasteiger partial charge in [-0.3, -0.25) is 0 Å². The van der Waals surface area contributed by atoms with E-state index in [1.165, 1.54) is 19.2 Å². The van der Waals surface area contributed by atoms with Gasteiger partial charge in [-0.2, -0.15) is 0 Å². The van der Waals surface area contributed by atoms with Crippen LogP contribution in [-0.4, -0.2) is 29.3 Å². The smallest absolute Gasteiger partial charge is 0.337 e. The topological polar surface area (TPSA) is 110 Å². The fourth-order valence-corrected chi connectivity index (χ4v) is 2.05. The van der Waals surface area contributed by atoms with Crippen LogP contribution in [0.4, 0.5) is 5.69 Å². The lowest BCUT2D eigenvalue weighted by atomic mass is 9.97. The quantitative estimate of drug-likeness (QED) is 0.744. The van der Waals surface area contributed by atoms with Crippen molar-refractivity contribution in [2.45, 2.75) is 0 Å².